The summed E-state index contributed by atoms with van der Waals surface area (Å²) in [6, 6.07) is 0. The predicted molar refractivity (Wildman–Crippen MR) is 54.2 cm³/mol. The molecule has 1 unspecified atom stereocenters. The zero-order valence-electron chi connectivity index (χ0n) is 8.36. The van der Waals surface area contributed by atoms with Crippen LogP contribution in [0.3, 0.4) is 0 Å². The zero-order chi connectivity index (χ0) is 9.80. The van der Waals surface area contributed by atoms with Gasteiger partial charge in [-0.05, 0) is 19.8 Å². The summed E-state index contributed by atoms with van der Waals surface area (Å²) < 4.78 is 5.50. The van der Waals surface area contributed by atoms with E-state index >= 15 is 0 Å². The molecule has 0 radical (unpaired) electrons. The molecule has 0 spiro atoms. The third kappa shape index (κ3) is 2.20. The van der Waals surface area contributed by atoms with E-state index < -0.39 is 0 Å². The fraction of sp³-hybridized carbons (Fsp3) is 0.600. The first-order valence-electron chi connectivity index (χ1n) is 4.99. The van der Waals surface area contributed by atoms with Crippen LogP contribution in [-0.2, 0) is 4.74 Å². The van der Waals surface area contributed by atoms with Crippen LogP contribution in [0.25, 0.3) is 0 Å². The van der Waals surface area contributed by atoms with Gasteiger partial charge in [-0.3, -0.25) is 4.98 Å². The number of aromatic nitrogens is 2. The lowest BCUT2D eigenvalue weighted by Gasteiger charge is -2.11. The molecule has 0 aromatic carbocycles. The highest BCUT2D eigenvalue weighted by Gasteiger charge is 2.15. The molecule has 0 amide bonds. The van der Waals surface area contributed by atoms with E-state index in [0.717, 1.165) is 31.1 Å². The number of hydrogen-bond donors (Lipinski definition) is 1. The van der Waals surface area contributed by atoms with Gasteiger partial charge in [0.15, 0.2) is 0 Å². The Balaban J connectivity index is 1.88. The lowest BCUT2D eigenvalue weighted by Crippen LogP contribution is -2.19. The molecule has 1 N–H and O–H groups in total. The van der Waals surface area contributed by atoms with Gasteiger partial charge in [-0.15, -0.1) is 0 Å². The van der Waals surface area contributed by atoms with Crippen LogP contribution in [0.15, 0.2) is 12.4 Å². The Bertz CT molecular complexity index is 297. The molecule has 1 aliphatic rings. The highest BCUT2D eigenvalue weighted by molar-refractivity contribution is 5.38. The van der Waals surface area contributed by atoms with Crippen molar-refractivity contribution >= 4 is 5.82 Å². The van der Waals surface area contributed by atoms with E-state index in [0.29, 0.717) is 6.10 Å². The fourth-order valence-corrected chi connectivity index (χ4v) is 1.60. The van der Waals surface area contributed by atoms with E-state index in [4.69, 9.17) is 4.74 Å². The second-order valence-electron chi connectivity index (χ2n) is 3.51. The van der Waals surface area contributed by atoms with Crippen molar-refractivity contribution in [2.24, 2.45) is 0 Å². The van der Waals surface area contributed by atoms with Crippen molar-refractivity contribution in [3.63, 3.8) is 0 Å². The minimum absolute atomic E-state index is 0.344. The van der Waals surface area contributed by atoms with Crippen molar-refractivity contribution in [2.45, 2.75) is 25.9 Å². The highest BCUT2D eigenvalue weighted by Crippen LogP contribution is 2.13. The highest BCUT2D eigenvalue weighted by atomic mass is 16.5. The van der Waals surface area contributed by atoms with Crippen molar-refractivity contribution in [1.29, 1.82) is 0 Å². The van der Waals surface area contributed by atoms with Crippen LogP contribution in [0, 0.1) is 6.92 Å². The number of nitrogens with one attached hydrogen (secondary N) is 1. The average Bonchev–Trinajstić information content (AvgIpc) is 2.69. The second kappa shape index (κ2) is 4.37. The first kappa shape index (κ1) is 9.40. The molecule has 1 atom stereocenters. The Hall–Kier alpha value is -1.16. The molecule has 1 saturated heterocycles. The van der Waals surface area contributed by atoms with Crippen molar-refractivity contribution in [3.8, 4) is 0 Å². The monoisotopic (exact) mass is 193 g/mol. The smallest absolute Gasteiger partial charge is 0.147 e. The summed E-state index contributed by atoms with van der Waals surface area (Å²) >= 11 is 0. The lowest BCUT2D eigenvalue weighted by atomic mass is 10.2. The van der Waals surface area contributed by atoms with E-state index in [-0.39, 0.29) is 0 Å². The summed E-state index contributed by atoms with van der Waals surface area (Å²) in [5.41, 5.74) is 0.936. The maximum atomic E-state index is 5.50. The van der Waals surface area contributed by atoms with Crippen LogP contribution in [0.2, 0.25) is 0 Å². The van der Waals surface area contributed by atoms with Gasteiger partial charge in [0.1, 0.15) is 5.82 Å². The Kier molecular flexibility index (Phi) is 2.93. The van der Waals surface area contributed by atoms with Crippen LogP contribution in [-0.4, -0.2) is 29.2 Å². The van der Waals surface area contributed by atoms with Crippen molar-refractivity contribution in [1.82, 2.24) is 9.97 Å². The molecule has 1 fully saturated rings. The number of ether oxygens (including phenoxy) is 1. The van der Waals surface area contributed by atoms with Crippen molar-refractivity contribution < 1.29 is 4.74 Å². The van der Waals surface area contributed by atoms with E-state index in [1.54, 1.807) is 12.4 Å². The number of nitrogens with zero attached hydrogens (tertiary/aromatic N) is 2. The summed E-state index contributed by atoms with van der Waals surface area (Å²) in [4.78, 5) is 8.37. The van der Waals surface area contributed by atoms with Gasteiger partial charge >= 0.3 is 0 Å². The molecule has 4 heteroatoms. The first-order chi connectivity index (χ1) is 6.86. The van der Waals surface area contributed by atoms with Crippen LogP contribution in [0.1, 0.15) is 18.5 Å². The van der Waals surface area contributed by atoms with E-state index in [2.05, 4.69) is 15.3 Å². The maximum absolute atomic E-state index is 5.50. The normalized spacial score (nSPS) is 21.1. The quantitative estimate of drug-likeness (QED) is 0.787. The first-order valence-corrected chi connectivity index (χ1v) is 4.99. The van der Waals surface area contributed by atoms with E-state index in [1.807, 2.05) is 6.92 Å². The summed E-state index contributed by atoms with van der Waals surface area (Å²) in [6.07, 6.45) is 6.06. The summed E-state index contributed by atoms with van der Waals surface area (Å²) in [5.74, 6) is 0.864. The molecule has 2 heterocycles. The molecule has 1 aliphatic heterocycles. The Labute approximate surface area is 83.7 Å². The number of hydrogen-bond acceptors (Lipinski definition) is 4. The van der Waals surface area contributed by atoms with Crippen LogP contribution < -0.4 is 5.32 Å². The van der Waals surface area contributed by atoms with Gasteiger partial charge in [0.05, 0.1) is 11.8 Å². The third-order valence-corrected chi connectivity index (χ3v) is 2.40. The SMILES string of the molecule is Cc1nccnc1NCC1CCCO1. The molecule has 14 heavy (non-hydrogen) atoms. The Morgan fingerprint density at radius 2 is 2.36 bits per heavy atom. The molecule has 0 bridgehead atoms. The van der Waals surface area contributed by atoms with Gasteiger partial charge in [-0.1, -0.05) is 0 Å². The molecular weight excluding hydrogens is 178 g/mol. The Morgan fingerprint density at radius 3 is 3.07 bits per heavy atom. The van der Waals surface area contributed by atoms with Crippen molar-refractivity contribution in [3.05, 3.63) is 18.1 Å². The molecule has 76 valence electrons. The summed E-state index contributed by atoms with van der Waals surface area (Å²) in [6.45, 7) is 3.68. The van der Waals surface area contributed by atoms with E-state index in [1.165, 1.54) is 6.42 Å². The number of aryl methyl sites for hydroxylation is 1. The average molecular weight is 193 g/mol. The maximum Gasteiger partial charge on any atom is 0.147 e. The summed E-state index contributed by atoms with van der Waals surface area (Å²) in [5, 5.41) is 3.26. The molecule has 0 aliphatic carbocycles. The topological polar surface area (TPSA) is 47.0 Å². The van der Waals surface area contributed by atoms with Crippen LogP contribution in [0.5, 0.6) is 0 Å². The predicted octanol–water partition coefficient (Wildman–Crippen LogP) is 1.38. The molecule has 2 rings (SSSR count). The van der Waals surface area contributed by atoms with Crippen LogP contribution >= 0.6 is 0 Å². The number of rotatable bonds is 3. The largest absolute Gasteiger partial charge is 0.376 e. The van der Waals surface area contributed by atoms with Gasteiger partial charge < -0.3 is 10.1 Å². The zero-order valence-corrected chi connectivity index (χ0v) is 8.36. The summed E-state index contributed by atoms with van der Waals surface area (Å²) in [7, 11) is 0. The van der Waals surface area contributed by atoms with E-state index in [9.17, 15) is 0 Å². The standard InChI is InChI=1S/C10H15N3O/c1-8-10(12-5-4-11-8)13-7-9-3-2-6-14-9/h4-5,9H,2-3,6-7H2,1H3,(H,12,13). The molecule has 1 aromatic heterocycles. The van der Waals surface area contributed by atoms with Gasteiger partial charge in [0, 0.05) is 25.5 Å². The van der Waals surface area contributed by atoms with Gasteiger partial charge in [0.25, 0.3) is 0 Å². The minimum atomic E-state index is 0.344. The van der Waals surface area contributed by atoms with Crippen LogP contribution in [0.4, 0.5) is 5.82 Å². The van der Waals surface area contributed by atoms with Crippen molar-refractivity contribution in [2.75, 3.05) is 18.5 Å². The second-order valence-corrected chi connectivity index (χ2v) is 3.51. The van der Waals surface area contributed by atoms with Gasteiger partial charge in [-0.25, -0.2) is 4.98 Å². The molecule has 1 aromatic rings. The minimum Gasteiger partial charge on any atom is -0.376 e. The Morgan fingerprint density at radius 1 is 1.50 bits per heavy atom. The van der Waals surface area contributed by atoms with Gasteiger partial charge in [-0.2, -0.15) is 0 Å². The lowest BCUT2D eigenvalue weighted by molar-refractivity contribution is 0.120. The third-order valence-electron chi connectivity index (χ3n) is 2.40. The molecule has 0 saturated carbocycles. The fourth-order valence-electron chi connectivity index (χ4n) is 1.60. The number of anilines is 1. The molecule has 4 nitrogen and oxygen atoms in total. The van der Waals surface area contributed by atoms with Gasteiger partial charge in [0.2, 0.25) is 0 Å². The molecular formula is C10H15N3O.